The van der Waals surface area contributed by atoms with Gasteiger partial charge in [-0.2, -0.15) is 0 Å². The Morgan fingerprint density at radius 3 is 2.36 bits per heavy atom. The van der Waals surface area contributed by atoms with E-state index in [2.05, 4.69) is 0 Å². The van der Waals surface area contributed by atoms with E-state index in [4.69, 9.17) is 34.8 Å². The molecule has 1 aromatic carbocycles. The van der Waals surface area contributed by atoms with Crippen LogP contribution in [0.25, 0.3) is 0 Å². The van der Waals surface area contributed by atoms with Crippen LogP contribution in [0.15, 0.2) is 48.5 Å². The molecule has 0 aliphatic carbocycles. The zero-order valence-corrected chi connectivity index (χ0v) is 15.8. The first-order chi connectivity index (χ1) is 10.5. The van der Waals surface area contributed by atoms with Crippen LogP contribution in [-0.2, 0) is 0 Å². The molecular weight excluding hydrogens is 405 g/mol. The summed E-state index contributed by atoms with van der Waals surface area (Å²) in [6, 6.07) is 7.13. The van der Waals surface area contributed by atoms with E-state index in [0.29, 0.717) is 9.26 Å². The van der Waals surface area contributed by atoms with Gasteiger partial charge >= 0.3 is 5.70 Å². The fourth-order valence-corrected chi connectivity index (χ4v) is 5.62. The molecule has 118 valence electrons. The van der Waals surface area contributed by atoms with Crippen LogP contribution in [0.1, 0.15) is 6.42 Å². The van der Waals surface area contributed by atoms with Crippen molar-refractivity contribution in [3.05, 3.63) is 58.7 Å². The van der Waals surface area contributed by atoms with Gasteiger partial charge < -0.3 is 0 Å². The molecule has 0 saturated heterocycles. The minimum Gasteiger partial charge on any atom is -0.258 e. The van der Waals surface area contributed by atoms with Crippen molar-refractivity contribution in [3.8, 4) is 0 Å². The highest BCUT2D eigenvalue weighted by Crippen LogP contribution is 2.44. The van der Waals surface area contributed by atoms with Gasteiger partial charge in [-0.25, -0.2) is 0 Å². The van der Waals surface area contributed by atoms with Crippen molar-refractivity contribution < 1.29 is 4.92 Å². The van der Waals surface area contributed by atoms with Crippen molar-refractivity contribution in [3.63, 3.8) is 0 Å². The normalized spacial score (nSPS) is 23.6. The molecule has 3 nitrogen and oxygen atoms in total. The van der Waals surface area contributed by atoms with Gasteiger partial charge in [-0.3, -0.25) is 10.1 Å². The molecule has 0 unspecified atom stereocenters. The molecular formula is C13H10Cl3NO2S3. The Labute approximate surface area is 156 Å². The standard InChI is InChI=1S/C13H10Cl3NO2S3/c14-8-2-4-9(5-3-8)22-13-11(17(18)19)10(15)12(16)20-6-1-7-21-13/h2-5H,1,6-7H2/b12-10+,13-11-. The van der Waals surface area contributed by atoms with E-state index in [1.54, 1.807) is 12.1 Å². The summed E-state index contributed by atoms with van der Waals surface area (Å²) >= 11 is 22.2. The molecule has 0 N–H and O–H groups in total. The Bertz CT molecular complexity index is 632. The number of nitro groups is 1. The van der Waals surface area contributed by atoms with Gasteiger partial charge in [0.1, 0.15) is 9.27 Å². The van der Waals surface area contributed by atoms with Crippen LogP contribution in [0, 0.1) is 10.1 Å². The second kappa shape index (κ2) is 8.76. The number of nitrogens with zero attached hydrogens (tertiary/aromatic N) is 1. The first-order valence-electron chi connectivity index (χ1n) is 6.12. The van der Waals surface area contributed by atoms with Gasteiger partial charge in [0.25, 0.3) is 0 Å². The first-order valence-corrected chi connectivity index (χ1v) is 10.0. The summed E-state index contributed by atoms with van der Waals surface area (Å²) in [6.45, 7) is 0. The Hall–Kier alpha value is 0.0200. The number of hydrogen-bond donors (Lipinski definition) is 0. The number of allylic oxidation sites excluding steroid dienone is 1. The van der Waals surface area contributed by atoms with Crippen molar-refractivity contribution in [1.29, 1.82) is 0 Å². The van der Waals surface area contributed by atoms with E-state index >= 15 is 0 Å². The summed E-state index contributed by atoms with van der Waals surface area (Å²) in [5.74, 6) is 1.56. The molecule has 1 aromatic rings. The van der Waals surface area contributed by atoms with E-state index in [-0.39, 0.29) is 15.1 Å². The maximum Gasteiger partial charge on any atom is 0.310 e. The minimum atomic E-state index is -0.470. The lowest BCUT2D eigenvalue weighted by atomic mass is 10.4. The molecule has 1 aliphatic heterocycles. The topological polar surface area (TPSA) is 43.1 Å². The average Bonchev–Trinajstić information content (AvgIpc) is 2.53. The summed E-state index contributed by atoms with van der Waals surface area (Å²) in [5, 5.41) is 12.1. The average molecular weight is 415 g/mol. The molecule has 0 bridgehead atoms. The third-order valence-corrected chi connectivity index (χ3v) is 7.27. The largest absolute Gasteiger partial charge is 0.310 e. The molecule has 9 heteroatoms. The predicted octanol–water partition coefficient (Wildman–Crippen LogP) is 6.39. The Morgan fingerprint density at radius 2 is 1.73 bits per heavy atom. The SMILES string of the molecule is O=[N+]([O-])C1=C(\Sc2ccc(Cl)cc2)SCCCS/C(Cl)=C\1Cl. The molecule has 1 aliphatic rings. The summed E-state index contributed by atoms with van der Waals surface area (Å²) < 4.78 is 0.808. The quantitative estimate of drug-likeness (QED) is 0.423. The molecule has 0 atom stereocenters. The molecule has 0 radical (unpaired) electrons. The van der Waals surface area contributed by atoms with Crippen molar-refractivity contribution in [2.75, 3.05) is 11.5 Å². The fraction of sp³-hybridized carbons (Fsp3) is 0.231. The molecule has 0 amide bonds. The predicted molar refractivity (Wildman–Crippen MR) is 99.6 cm³/mol. The highest BCUT2D eigenvalue weighted by Gasteiger charge is 2.27. The van der Waals surface area contributed by atoms with E-state index in [0.717, 1.165) is 22.8 Å². The van der Waals surface area contributed by atoms with Crippen molar-refractivity contribution in [1.82, 2.24) is 0 Å². The minimum absolute atomic E-state index is 0.00234. The van der Waals surface area contributed by atoms with Gasteiger partial charge in [0.15, 0.2) is 0 Å². The van der Waals surface area contributed by atoms with Gasteiger partial charge in [-0.05, 0) is 42.2 Å². The number of halogens is 3. The molecule has 0 spiro atoms. The molecule has 0 saturated carbocycles. The number of rotatable bonds is 3. The third kappa shape index (κ3) is 5.01. The zero-order valence-electron chi connectivity index (χ0n) is 11.1. The second-order valence-corrected chi connectivity index (χ2v) is 9.06. The summed E-state index contributed by atoms with van der Waals surface area (Å²) in [7, 11) is 0. The lowest BCUT2D eigenvalue weighted by Crippen LogP contribution is -2.02. The van der Waals surface area contributed by atoms with Gasteiger partial charge in [0.05, 0.1) is 9.29 Å². The van der Waals surface area contributed by atoms with E-state index in [1.165, 1.54) is 35.3 Å². The van der Waals surface area contributed by atoms with Gasteiger partial charge in [0.2, 0.25) is 0 Å². The van der Waals surface area contributed by atoms with Crippen molar-refractivity contribution in [2.24, 2.45) is 0 Å². The van der Waals surface area contributed by atoms with Crippen LogP contribution in [0.3, 0.4) is 0 Å². The van der Waals surface area contributed by atoms with Crippen LogP contribution >= 0.6 is 70.1 Å². The van der Waals surface area contributed by atoms with Crippen LogP contribution in [-0.4, -0.2) is 16.4 Å². The van der Waals surface area contributed by atoms with Crippen LogP contribution in [0.2, 0.25) is 5.02 Å². The second-order valence-electron chi connectivity index (χ2n) is 4.09. The van der Waals surface area contributed by atoms with Crippen molar-refractivity contribution >= 4 is 70.1 Å². The van der Waals surface area contributed by atoms with Crippen LogP contribution in [0.5, 0.6) is 0 Å². The summed E-state index contributed by atoms with van der Waals surface area (Å²) in [6.07, 6.45) is 0.894. The molecule has 2 rings (SSSR count). The zero-order chi connectivity index (χ0) is 16.1. The lowest BCUT2D eigenvalue weighted by Gasteiger charge is -2.08. The van der Waals surface area contributed by atoms with E-state index in [1.807, 2.05) is 12.1 Å². The van der Waals surface area contributed by atoms with Gasteiger partial charge in [0, 0.05) is 9.92 Å². The highest BCUT2D eigenvalue weighted by molar-refractivity contribution is 8.22. The number of benzene rings is 1. The van der Waals surface area contributed by atoms with Gasteiger partial charge in [-0.1, -0.05) is 46.6 Å². The molecule has 22 heavy (non-hydrogen) atoms. The van der Waals surface area contributed by atoms with Crippen LogP contribution < -0.4 is 0 Å². The summed E-state index contributed by atoms with van der Waals surface area (Å²) in [5.41, 5.74) is -0.133. The Kier molecular flexibility index (Phi) is 7.31. The number of hydrogen-bond acceptors (Lipinski definition) is 5. The number of thioether (sulfide) groups is 3. The van der Waals surface area contributed by atoms with E-state index in [9.17, 15) is 10.1 Å². The lowest BCUT2D eigenvalue weighted by molar-refractivity contribution is -0.419. The summed E-state index contributed by atoms with van der Waals surface area (Å²) in [4.78, 5) is 11.8. The maximum atomic E-state index is 11.5. The molecule has 1 heterocycles. The van der Waals surface area contributed by atoms with E-state index < -0.39 is 4.92 Å². The molecule has 0 aromatic heterocycles. The van der Waals surface area contributed by atoms with Crippen LogP contribution in [0.4, 0.5) is 0 Å². The Balaban J connectivity index is 2.43. The highest BCUT2D eigenvalue weighted by atomic mass is 35.5. The maximum absolute atomic E-state index is 11.5. The van der Waals surface area contributed by atoms with Crippen molar-refractivity contribution in [2.45, 2.75) is 11.3 Å². The third-order valence-electron chi connectivity index (χ3n) is 2.53. The fourth-order valence-electron chi connectivity index (χ4n) is 1.54. The van der Waals surface area contributed by atoms with Gasteiger partial charge in [-0.15, -0.1) is 23.5 Å². The smallest absolute Gasteiger partial charge is 0.258 e. The first kappa shape index (κ1) is 18.4. The Morgan fingerprint density at radius 1 is 1.09 bits per heavy atom. The monoisotopic (exact) mass is 413 g/mol. The molecule has 0 fully saturated rings.